The normalized spacial score (nSPS) is 27.8. The van der Waals surface area contributed by atoms with E-state index in [-0.39, 0.29) is 29.8 Å². The average molecular weight is 477 g/mol. The van der Waals surface area contributed by atoms with Crippen molar-refractivity contribution in [1.29, 1.82) is 0 Å². The molecule has 1 aliphatic carbocycles. The van der Waals surface area contributed by atoms with Crippen molar-refractivity contribution in [3.05, 3.63) is 35.9 Å². The molecule has 1 saturated carbocycles. The Balaban J connectivity index is 1.32. The molecule has 2 aliphatic heterocycles. The van der Waals surface area contributed by atoms with Crippen molar-refractivity contribution in [2.45, 2.75) is 57.7 Å². The van der Waals surface area contributed by atoms with Gasteiger partial charge in [0.15, 0.2) is 0 Å². The molecule has 1 spiro atoms. The Morgan fingerprint density at radius 3 is 2.18 bits per heavy atom. The first-order chi connectivity index (χ1) is 15.5. The summed E-state index contributed by atoms with van der Waals surface area (Å²) in [5.41, 5.74) is 0.207. The number of nitrogens with one attached hydrogen (secondary N) is 1. The summed E-state index contributed by atoms with van der Waals surface area (Å²) in [6.07, 6.45) is 3.23. The molecule has 3 fully saturated rings. The van der Waals surface area contributed by atoms with Crippen LogP contribution in [0.5, 0.6) is 0 Å². The summed E-state index contributed by atoms with van der Waals surface area (Å²) < 4.78 is 27.1. The zero-order chi connectivity index (χ0) is 23.9. The highest BCUT2D eigenvalue weighted by atomic mass is 32.2. The maximum Gasteiger partial charge on any atom is 0.326 e. The molecule has 1 N–H and O–H groups in total. The second kappa shape index (κ2) is 9.00. The number of sulfonamides is 1. The highest BCUT2D eigenvalue weighted by Crippen LogP contribution is 2.43. The molecular weight excluding hydrogens is 440 g/mol. The smallest absolute Gasteiger partial charge is 0.323 e. The summed E-state index contributed by atoms with van der Waals surface area (Å²) in [5.74, 6) is 0.408. The molecule has 2 saturated heterocycles. The molecule has 182 valence electrons. The molecule has 1 aromatic carbocycles. The van der Waals surface area contributed by atoms with Gasteiger partial charge in [-0.25, -0.2) is 18.1 Å². The van der Waals surface area contributed by atoms with Crippen molar-refractivity contribution in [2.24, 2.45) is 11.3 Å². The Hall–Kier alpha value is -1.97. The van der Waals surface area contributed by atoms with E-state index >= 15 is 0 Å². The van der Waals surface area contributed by atoms with E-state index in [4.69, 9.17) is 0 Å². The SMILES string of the molecule is CC(C)(C)C1CCC2(CC1)NC(=O)N(CN1CCN(S(=O)(=O)Cc3ccccc3)CC1)C2=O. The number of piperazine rings is 1. The molecule has 3 aliphatic rings. The van der Waals surface area contributed by atoms with Gasteiger partial charge >= 0.3 is 6.03 Å². The van der Waals surface area contributed by atoms with Crippen molar-refractivity contribution in [2.75, 3.05) is 32.8 Å². The van der Waals surface area contributed by atoms with Gasteiger partial charge in [-0.15, -0.1) is 0 Å². The minimum Gasteiger partial charge on any atom is -0.323 e. The molecule has 4 rings (SSSR count). The maximum atomic E-state index is 13.3. The number of carbonyl (C=O) groups excluding carboxylic acids is 2. The Morgan fingerprint density at radius 1 is 1.00 bits per heavy atom. The summed E-state index contributed by atoms with van der Waals surface area (Å²) >= 11 is 0. The lowest BCUT2D eigenvalue weighted by molar-refractivity contribution is -0.134. The van der Waals surface area contributed by atoms with E-state index in [1.54, 1.807) is 0 Å². The van der Waals surface area contributed by atoms with Gasteiger partial charge in [-0.05, 0) is 42.6 Å². The Labute approximate surface area is 197 Å². The van der Waals surface area contributed by atoms with Gasteiger partial charge in [-0.1, -0.05) is 51.1 Å². The first-order valence-corrected chi connectivity index (χ1v) is 13.5. The number of imide groups is 1. The van der Waals surface area contributed by atoms with Crippen LogP contribution in [-0.4, -0.2) is 72.8 Å². The number of amides is 3. The molecule has 0 bridgehead atoms. The first-order valence-electron chi connectivity index (χ1n) is 11.9. The lowest BCUT2D eigenvalue weighted by atomic mass is 9.67. The quantitative estimate of drug-likeness (QED) is 0.660. The van der Waals surface area contributed by atoms with Crippen LogP contribution in [-0.2, 0) is 20.6 Å². The van der Waals surface area contributed by atoms with Gasteiger partial charge in [-0.2, -0.15) is 4.31 Å². The van der Waals surface area contributed by atoms with Crippen LogP contribution in [0.15, 0.2) is 30.3 Å². The highest BCUT2D eigenvalue weighted by molar-refractivity contribution is 7.88. The number of carbonyl (C=O) groups is 2. The zero-order valence-corrected chi connectivity index (χ0v) is 20.7. The molecule has 0 aromatic heterocycles. The molecule has 8 nitrogen and oxygen atoms in total. The van der Waals surface area contributed by atoms with E-state index in [1.165, 1.54) is 9.21 Å². The number of nitrogens with zero attached hydrogens (tertiary/aromatic N) is 3. The number of hydrogen-bond donors (Lipinski definition) is 1. The molecule has 0 unspecified atom stereocenters. The molecule has 1 aromatic rings. The lowest BCUT2D eigenvalue weighted by Crippen LogP contribution is -2.53. The van der Waals surface area contributed by atoms with Gasteiger partial charge in [-0.3, -0.25) is 9.69 Å². The molecule has 0 atom stereocenters. The largest absolute Gasteiger partial charge is 0.326 e. The summed E-state index contributed by atoms with van der Waals surface area (Å²) in [6, 6.07) is 8.84. The topological polar surface area (TPSA) is 90.0 Å². The van der Waals surface area contributed by atoms with Crippen LogP contribution in [0.25, 0.3) is 0 Å². The third-order valence-electron chi connectivity index (χ3n) is 7.57. The molecule has 33 heavy (non-hydrogen) atoms. The van der Waals surface area contributed by atoms with Crippen LogP contribution in [0.2, 0.25) is 0 Å². The van der Waals surface area contributed by atoms with Gasteiger partial charge in [0, 0.05) is 26.2 Å². The summed E-state index contributed by atoms with van der Waals surface area (Å²) in [7, 11) is -3.40. The first kappa shape index (κ1) is 24.2. The van der Waals surface area contributed by atoms with Crippen LogP contribution in [0, 0.1) is 11.3 Å². The summed E-state index contributed by atoms with van der Waals surface area (Å²) in [6.45, 7) is 8.61. The fraction of sp³-hybridized carbons (Fsp3) is 0.667. The monoisotopic (exact) mass is 476 g/mol. The van der Waals surface area contributed by atoms with Crippen molar-refractivity contribution >= 4 is 22.0 Å². The van der Waals surface area contributed by atoms with E-state index in [0.717, 1.165) is 18.4 Å². The van der Waals surface area contributed by atoms with E-state index < -0.39 is 15.6 Å². The maximum absolute atomic E-state index is 13.3. The van der Waals surface area contributed by atoms with Crippen LogP contribution in [0.1, 0.15) is 52.0 Å². The van der Waals surface area contributed by atoms with Crippen molar-refractivity contribution in [1.82, 2.24) is 19.4 Å². The molecule has 0 radical (unpaired) electrons. The molecular formula is C24H36N4O4S. The third-order valence-corrected chi connectivity index (χ3v) is 9.42. The van der Waals surface area contributed by atoms with Crippen LogP contribution in [0.4, 0.5) is 4.79 Å². The van der Waals surface area contributed by atoms with E-state index in [9.17, 15) is 18.0 Å². The van der Waals surface area contributed by atoms with Crippen LogP contribution in [0.3, 0.4) is 0 Å². The second-order valence-electron chi connectivity index (χ2n) is 10.8. The van der Waals surface area contributed by atoms with Gasteiger partial charge in [0.1, 0.15) is 5.54 Å². The van der Waals surface area contributed by atoms with E-state index in [1.807, 2.05) is 35.2 Å². The van der Waals surface area contributed by atoms with Crippen molar-refractivity contribution < 1.29 is 18.0 Å². The highest BCUT2D eigenvalue weighted by Gasteiger charge is 2.53. The van der Waals surface area contributed by atoms with Crippen molar-refractivity contribution in [3.63, 3.8) is 0 Å². The van der Waals surface area contributed by atoms with E-state index in [2.05, 4.69) is 26.1 Å². The Kier molecular flexibility index (Phi) is 6.59. The van der Waals surface area contributed by atoms with Gasteiger partial charge in [0.2, 0.25) is 10.0 Å². The van der Waals surface area contributed by atoms with Crippen LogP contribution >= 0.6 is 0 Å². The summed E-state index contributed by atoms with van der Waals surface area (Å²) in [5, 5.41) is 3.00. The standard InChI is InChI=1S/C24H36N4O4S/c1-23(2,3)20-9-11-24(12-10-20)21(29)28(22(30)25-24)18-26-13-15-27(16-14-26)33(31,32)17-19-7-5-4-6-8-19/h4-8,20H,9-18H2,1-3H3,(H,25,30). The Bertz CT molecular complexity index is 973. The number of urea groups is 1. The van der Waals surface area contributed by atoms with Gasteiger partial charge in [0.25, 0.3) is 5.91 Å². The predicted molar refractivity (Wildman–Crippen MR) is 127 cm³/mol. The summed E-state index contributed by atoms with van der Waals surface area (Å²) in [4.78, 5) is 29.3. The lowest BCUT2D eigenvalue weighted by Gasteiger charge is -2.40. The third kappa shape index (κ3) is 5.10. The van der Waals surface area contributed by atoms with Crippen molar-refractivity contribution in [3.8, 4) is 0 Å². The predicted octanol–water partition coefficient (Wildman–Crippen LogP) is 2.62. The Morgan fingerprint density at radius 2 is 1.61 bits per heavy atom. The molecule has 3 amide bonds. The number of benzene rings is 1. The van der Waals surface area contributed by atoms with Crippen LogP contribution < -0.4 is 5.32 Å². The second-order valence-corrected chi connectivity index (χ2v) is 12.8. The molecule has 2 heterocycles. The number of hydrogen-bond acceptors (Lipinski definition) is 5. The van der Waals surface area contributed by atoms with Gasteiger partial charge < -0.3 is 5.32 Å². The van der Waals surface area contributed by atoms with Gasteiger partial charge in [0.05, 0.1) is 12.4 Å². The molecule has 9 heteroatoms. The zero-order valence-electron chi connectivity index (χ0n) is 19.9. The van der Waals surface area contributed by atoms with E-state index in [0.29, 0.717) is 44.9 Å². The average Bonchev–Trinajstić information content (AvgIpc) is 2.98. The minimum absolute atomic E-state index is 0.0149. The number of rotatable bonds is 5. The fourth-order valence-electron chi connectivity index (χ4n) is 5.35. The minimum atomic E-state index is -3.40. The fourth-order valence-corrected chi connectivity index (χ4v) is 6.86.